The fourth-order valence-electron chi connectivity index (χ4n) is 1.16. The van der Waals surface area contributed by atoms with E-state index in [-0.39, 0.29) is 5.69 Å². The maximum Gasteiger partial charge on any atom is 0.345 e. The molecule has 0 N–H and O–H groups in total. The molecule has 2 aromatic rings. The lowest BCUT2D eigenvalue weighted by atomic mass is 10.5. The zero-order valence-electron chi connectivity index (χ0n) is 7.97. The monoisotopic (exact) mass is 210 g/mol. The average molecular weight is 210 g/mol. The van der Waals surface area contributed by atoms with Gasteiger partial charge >= 0.3 is 5.69 Å². The van der Waals surface area contributed by atoms with Gasteiger partial charge in [0, 0.05) is 12.4 Å². The van der Waals surface area contributed by atoms with Crippen LogP contribution in [0.15, 0.2) is 16.5 Å². The van der Waals surface area contributed by atoms with Crippen molar-refractivity contribution in [2.45, 2.75) is 13.5 Å². The summed E-state index contributed by atoms with van der Waals surface area (Å²) in [6.07, 6.45) is 1.50. The van der Waals surface area contributed by atoms with Gasteiger partial charge in [0.25, 0.3) is 0 Å². The first-order chi connectivity index (χ1) is 6.66. The zero-order valence-corrected chi connectivity index (χ0v) is 8.78. The highest BCUT2D eigenvalue weighted by molar-refractivity contribution is 7.09. The molecule has 2 rings (SSSR count). The Morgan fingerprint density at radius 3 is 2.86 bits per heavy atom. The molecule has 2 aromatic heterocycles. The topological polar surface area (TPSA) is 52.7 Å². The van der Waals surface area contributed by atoms with Gasteiger partial charge in [-0.2, -0.15) is 5.10 Å². The molecule has 0 aromatic carbocycles. The smallest absolute Gasteiger partial charge is 0.285 e. The van der Waals surface area contributed by atoms with Crippen molar-refractivity contribution in [1.82, 2.24) is 19.3 Å². The first-order valence-corrected chi connectivity index (χ1v) is 5.04. The fraction of sp³-hybridized carbons (Fsp3) is 0.375. The Bertz CT molecular complexity index is 495. The van der Waals surface area contributed by atoms with Gasteiger partial charge in [-0.05, 0) is 6.92 Å². The summed E-state index contributed by atoms with van der Waals surface area (Å²) in [4.78, 5) is 15.7. The Hall–Kier alpha value is -1.43. The van der Waals surface area contributed by atoms with Crippen molar-refractivity contribution in [3.8, 4) is 0 Å². The number of hydrogen-bond acceptors (Lipinski definition) is 4. The number of rotatable bonds is 2. The maximum atomic E-state index is 11.4. The molecular weight excluding hydrogens is 200 g/mol. The van der Waals surface area contributed by atoms with Crippen LogP contribution < -0.4 is 5.69 Å². The lowest BCUT2D eigenvalue weighted by Gasteiger charge is -1.93. The van der Waals surface area contributed by atoms with Gasteiger partial charge in [-0.15, -0.1) is 11.3 Å². The first kappa shape index (κ1) is 9.14. The molecule has 0 radical (unpaired) electrons. The minimum Gasteiger partial charge on any atom is -0.285 e. The number of aromatic nitrogens is 4. The lowest BCUT2D eigenvalue weighted by Crippen LogP contribution is -2.23. The molecule has 2 heterocycles. The summed E-state index contributed by atoms with van der Waals surface area (Å²) in [7, 11) is 1.68. The maximum absolute atomic E-state index is 11.4. The molecule has 0 aliphatic carbocycles. The van der Waals surface area contributed by atoms with Crippen LogP contribution in [-0.4, -0.2) is 19.3 Å². The number of thiazole rings is 1. The van der Waals surface area contributed by atoms with E-state index in [1.165, 1.54) is 15.6 Å². The van der Waals surface area contributed by atoms with Gasteiger partial charge in [-0.3, -0.25) is 4.57 Å². The Labute approximate surface area is 84.6 Å². The van der Waals surface area contributed by atoms with Crippen LogP contribution in [0.25, 0.3) is 0 Å². The van der Waals surface area contributed by atoms with E-state index in [1.807, 2.05) is 12.3 Å². The second-order valence-electron chi connectivity index (χ2n) is 3.04. The molecule has 0 atom stereocenters. The summed E-state index contributed by atoms with van der Waals surface area (Å²) in [5.74, 6) is 0. The van der Waals surface area contributed by atoms with E-state index >= 15 is 0 Å². The highest BCUT2D eigenvalue weighted by Crippen LogP contribution is 2.07. The van der Waals surface area contributed by atoms with Crippen LogP contribution >= 0.6 is 11.3 Å². The van der Waals surface area contributed by atoms with Crippen LogP contribution in [0.3, 0.4) is 0 Å². The second kappa shape index (κ2) is 3.38. The molecule has 0 bridgehead atoms. The average Bonchev–Trinajstić information content (AvgIpc) is 2.67. The van der Waals surface area contributed by atoms with E-state index in [0.29, 0.717) is 6.54 Å². The summed E-state index contributed by atoms with van der Waals surface area (Å²) < 4.78 is 2.84. The standard InChI is InChI=1S/C8H10N4OS/c1-6-10-7(4-14-6)3-12-8(13)11(2)5-9-12/h4-5H,3H2,1-2H3. The van der Waals surface area contributed by atoms with Crippen molar-refractivity contribution in [2.75, 3.05) is 0 Å². The van der Waals surface area contributed by atoms with Crippen LogP contribution in [0.5, 0.6) is 0 Å². The van der Waals surface area contributed by atoms with Crippen molar-refractivity contribution in [1.29, 1.82) is 0 Å². The molecule has 6 heteroatoms. The first-order valence-electron chi connectivity index (χ1n) is 4.16. The Morgan fingerprint density at radius 1 is 1.57 bits per heavy atom. The van der Waals surface area contributed by atoms with Gasteiger partial charge < -0.3 is 0 Å². The van der Waals surface area contributed by atoms with Crippen molar-refractivity contribution in [3.63, 3.8) is 0 Å². The molecule has 74 valence electrons. The minimum absolute atomic E-state index is 0.115. The van der Waals surface area contributed by atoms with Crippen molar-refractivity contribution in [2.24, 2.45) is 7.05 Å². The molecule has 0 unspecified atom stereocenters. The summed E-state index contributed by atoms with van der Waals surface area (Å²) in [6, 6.07) is 0. The molecule has 0 amide bonds. The van der Waals surface area contributed by atoms with Crippen molar-refractivity contribution < 1.29 is 0 Å². The fourth-order valence-corrected chi connectivity index (χ4v) is 1.77. The zero-order chi connectivity index (χ0) is 10.1. The summed E-state index contributed by atoms with van der Waals surface area (Å²) in [5, 5.41) is 6.90. The van der Waals surface area contributed by atoms with Gasteiger partial charge in [-0.25, -0.2) is 14.5 Å². The van der Waals surface area contributed by atoms with Crippen LogP contribution in [0.4, 0.5) is 0 Å². The molecule has 5 nitrogen and oxygen atoms in total. The molecule has 0 aliphatic heterocycles. The number of hydrogen-bond donors (Lipinski definition) is 0. The Kier molecular flexibility index (Phi) is 2.20. The second-order valence-corrected chi connectivity index (χ2v) is 4.10. The van der Waals surface area contributed by atoms with Gasteiger partial charge in [0.05, 0.1) is 17.2 Å². The van der Waals surface area contributed by atoms with Crippen LogP contribution in [0.2, 0.25) is 0 Å². The molecule has 0 aliphatic rings. The SMILES string of the molecule is Cc1nc(Cn2ncn(C)c2=O)cs1. The van der Waals surface area contributed by atoms with Crippen LogP contribution in [0.1, 0.15) is 10.7 Å². The van der Waals surface area contributed by atoms with Gasteiger partial charge in [-0.1, -0.05) is 0 Å². The van der Waals surface area contributed by atoms with E-state index in [4.69, 9.17) is 0 Å². The van der Waals surface area contributed by atoms with E-state index in [1.54, 1.807) is 18.4 Å². The largest absolute Gasteiger partial charge is 0.345 e. The van der Waals surface area contributed by atoms with E-state index in [0.717, 1.165) is 10.7 Å². The quantitative estimate of drug-likeness (QED) is 0.720. The molecular formula is C8H10N4OS. The third-order valence-electron chi connectivity index (χ3n) is 1.87. The number of nitrogens with zero attached hydrogens (tertiary/aromatic N) is 4. The van der Waals surface area contributed by atoms with Crippen molar-refractivity contribution in [3.05, 3.63) is 32.9 Å². The highest BCUT2D eigenvalue weighted by Gasteiger charge is 2.04. The predicted octanol–water partition coefficient (Wildman–Crippen LogP) is 0.395. The molecule has 0 saturated heterocycles. The van der Waals surface area contributed by atoms with Crippen LogP contribution in [0, 0.1) is 6.92 Å². The van der Waals surface area contributed by atoms with Gasteiger partial charge in [0.1, 0.15) is 6.33 Å². The third-order valence-corrected chi connectivity index (χ3v) is 2.69. The summed E-state index contributed by atoms with van der Waals surface area (Å²) >= 11 is 1.58. The Morgan fingerprint density at radius 2 is 2.36 bits per heavy atom. The Balaban J connectivity index is 2.27. The van der Waals surface area contributed by atoms with Gasteiger partial charge in [0.2, 0.25) is 0 Å². The predicted molar refractivity (Wildman–Crippen MR) is 53.4 cm³/mol. The molecule has 0 spiro atoms. The minimum atomic E-state index is -0.115. The molecule has 0 saturated carbocycles. The van der Waals surface area contributed by atoms with E-state index in [9.17, 15) is 4.79 Å². The number of aryl methyl sites for hydroxylation is 2. The highest BCUT2D eigenvalue weighted by atomic mass is 32.1. The van der Waals surface area contributed by atoms with E-state index < -0.39 is 0 Å². The normalized spacial score (nSPS) is 10.7. The summed E-state index contributed by atoms with van der Waals surface area (Å²) in [5.41, 5.74) is 0.768. The van der Waals surface area contributed by atoms with E-state index in [2.05, 4.69) is 10.1 Å². The summed E-state index contributed by atoms with van der Waals surface area (Å²) in [6.45, 7) is 2.39. The molecule has 14 heavy (non-hydrogen) atoms. The van der Waals surface area contributed by atoms with Crippen molar-refractivity contribution >= 4 is 11.3 Å². The van der Waals surface area contributed by atoms with Crippen LogP contribution in [-0.2, 0) is 13.6 Å². The molecule has 0 fully saturated rings. The third kappa shape index (κ3) is 1.60. The lowest BCUT2D eigenvalue weighted by molar-refractivity contribution is 0.637. The van der Waals surface area contributed by atoms with Gasteiger partial charge in [0.15, 0.2) is 0 Å².